The largest absolute Gasteiger partial charge is 0.432 e. The highest BCUT2D eigenvalue weighted by molar-refractivity contribution is 7.48. The van der Waals surface area contributed by atoms with Crippen LogP contribution in [0.25, 0.3) is 0 Å². The zero-order valence-electron chi connectivity index (χ0n) is 10.0. The lowest BCUT2D eigenvalue weighted by molar-refractivity contribution is 0.416. The molecule has 1 saturated heterocycles. The van der Waals surface area contributed by atoms with Crippen molar-refractivity contribution in [3.05, 3.63) is 0 Å². The van der Waals surface area contributed by atoms with E-state index in [0.717, 1.165) is 13.0 Å². The summed E-state index contributed by atoms with van der Waals surface area (Å²) in [4.78, 5) is 0. The first-order chi connectivity index (χ1) is 7.33. The molecule has 1 heterocycles. The molecule has 0 radical (unpaired) electrons. The molecule has 0 amide bonds. The summed E-state index contributed by atoms with van der Waals surface area (Å²) in [6.45, 7) is 4.33. The van der Waals surface area contributed by atoms with Crippen LogP contribution >= 0.6 is 0 Å². The molecule has 90 valence electrons. The number of hydrogen-bond donors (Lipinski definition) is 2. The third-order valence-corrected chi connectivity index (χ3v) is 39.6. The Morgan fingerprint density at radius 1 is 1.60 bits per heavy atom. The van der Waals surface area contributed by atoms with E-state index in [1.165, 1.54) is 19.2 Å². The molecule has 1 aliphatic rings. The first-order valence-corrected chi connectivity index (χ1v) is 19.8. The van der Waals surface area contributed by atoms with Gasteiger partial charge in [-0.15, -0.1) is 0 Å². The van der Waals surface area contributed by atoms with Crippen LogP contribution in [0.4, 0.5) is 0 Å². The van der Waals surface area contributed by atoms with Gasteiger partial charge in [0.2, 0.25) is 0 Å². The minimum absolute atomic E-state index is 0.133. The fraction of sp³-hybridized carbons (Fsp3) is 1.00. The maximum Gasteiger partial charge on any atom is 0.139 e. The summed E-state index contributed by atoms with van der Waals surface area (Å²) in [5.41, 5.74) is 5.84. The number of hydrogen-bond acceptors (Lipinski definition) is 3. The average Bonchev–Trinajstić information content (AvgIpc) is 2.29. The van der Waals surface area contributed by atoms with E-state index in [1.807, 2.05) is 0 Å². The second-order valence-corrected chi connectivity index (χ2v) is 29.4. The molecule has 1 fully saturated rings. The van der Waals surface area contributed by atoms with Crippen LogP contribution in [0.5, 0.6) is 0 Å². The molecule has 1 rings (SSSR count). The summed E-state index contributed by atoms with van der Waals surface area (Å²) in [6.07, 6.45) is 3.75. The first-order valence-electron chi connectivity index (χ1n) is 6.37. The van der Waals surface area contributed by atoms with Gasteiger partial charge < -0.3 is 15.5 Å². The van der Waals surface area contributed by atoms with Crippen molar-refractivity contribution in [2.75, 3.05) is 19.3 Å². The molecule has 0 aromatic heterocycles. The monoisotopic (exact) mass is 278 g/mol. The predicted octanol–water partition coefficient (Wildman–Crippen LogP) is -2.75. The standard InChI is InChI=1S/C8H26N2OSi4/c1-2-8(9)6-10-4-3-5-15-7-11-12-13-14-15/h8,10,15H,2-7,9,12-14H2,1H3. The van der Waals surface area contributed by atoms with Crippen LogP contribution in [-0.4, -0.2) is 60.1 Å². The molecule has 7 heteroatoms. The van der Waals surface area contributed by atoms with Gasteiger partial charge in [-0.05, 0) is 19.4 Å². The Balaban J connectivity index is 1.87. The molecule has 3 nitrogen and oxygen atoms in total. The van der Waals surface area contributed by atoms with Crippen molar-refractivity contribution >= 4 is 34.7 Å². The van der Waals surface area contributed by atoms with Gasteiger partial charge in [-0.3, -0.25) is 0 Å². The van der Waals surface area contributed by atoms with E-state index in [0.29, 0.717) is 23.2 Å². The maximum atomic E-state index is 5.84. The van der Waals surface area contributed by atoms with Crippen LogP contribution in [0.3, 0.4) is 0 Å². The fourth-order valence-electron chi connectivity index (χ4n) is 1.98. The van der Waals surface area contributed by atoms with Gasteiger partial charge in [0.25, 0.3) is 0 Å². The van der Waals surface area contributed by atoms with E-state index in [9.17, 15) is 0 Å². The van der Waals surface area contributed by atoms with Crippen molar-refractivity contribution in [1.82, 2.24) is 5.32 Å². The van der Waals surface area contributed by atoms with Crippen molar-refractivity contribution in [3.63, 3.8) is 0 Å². The molecular weight excluding hydrogens is 252 g/mol. The molecule has 0 saturated carbocycles. The molecule has 2 unspecified atom stereocenters. The summed E-state index contributed by atoms with van der Waals surface area (Å²) in [5.74, 6) is 0. The molecule has 0 spiro atoms. The first kappa shape index (κ1) is 13.8. The Morgan fingerprint density at radius 3 is 3.13 bits per heavy atom. The minimum Gasteiger partial charge on any atom is -0.432 e. The lowest BCUT2D eigenvalue weighted by Crippen LogP contribution is -2.42. The van der Waals surface area contributed by atoms with Crippen LogP contribution in [0, 0.1) is 0 Å². The quantitative estimate of drug-likeness (QED) is 0.392. The SMILES string of the molecule is CCC(N)CNCCC[SiH]1CO[SiH2][SiH2][SiH2]1. The van der Waals surface area contributed by atoms with Crippen molar-refractivity contribution in [2.45, 2.75) is 31.9 Å². The van der Waals surface area contributed by atoms with Crippen molar-refractivity contribution in [1.29, 1.82) is 0 Å². The van der Waals surface area contributed by atoms with Crippen LogP contribution in [0.2, 0.25) is 6.04 Å². The van der Waals surface area contributed by atoms with Crippen molar-refractivity contribution in [2.24, 2.45) is 5.73 Å². The molecule has 15 heavy (non-hydrogen) atoms. The number of rotatable bonds is 7. The Bertz CT molecular complexity index is 158. The highest BCUT2D eigenvalue weighted by atomic mass is 29.7. The molecule has 3 N–H and O–H groups in total. The van der Waals surface area contributed by atoms with E-state index in [-0.39, 0.29) is 17.6 Å². The summed E-state index contributed by atoms with van der Waals surface area (Å²) in [6, 6.07) is 1.91. The molecule has 0 aromatic carbocycles. The third kappa shape index (κ3) is 6.82. The Kier molecular flexibility index (Phi) is 8.15. The van der Waals surface area contributed by atoms with E-state index in [1.54, 1.807) is 6.04 Å². The van der Waals surface area contributed by atoms with Crippen molar-refractivity contribution in [3.8, 4) is 0 Å². The highest BCUT2D eigenvalue weighted by Gasteiger charge is 2.15. The predicted molar refractivity (Wildman–Crippen MR) is 79.3 cm³/mol. The molecule has 1 aliphatic heterocycles. The smallest absolute Gasteiger partial charge is 0.139 e. The van der Waals surface area contributed by atoms with Crippen LogP contribution in [0.1, 0.15) is 19.8 Å². The van der Waals surface area contributed by atoms with Gasteiger partial charge in [-0.2, -0.15) is 0 Å². The molecule has 0 bridgehead atoms. The van der Waals surface area contributed by atoms with Gasteiger partial charge in [-0.1, -0.05) is 13.0 Å². The average molecular weight is 279 g/mol. The third-order valence-electron chi connectivity index (χ3n) is 3.15. The zero-order chi connectivity index (χ0) is 10.9. The molecule has 0 aliphatic carbocycles. The Labute approximate surface area is 101 Å². The van der Waals surface area contributed by atoms with E-state index in [4.69, 9.17) is 10.2 Å². The fourth-order valence-corrected chi connectivity index (χ4v) is 47.1. The maximum absolute atomic E-state index is 5.84. The van der Waals surface area contributed by atoms with Crippen LogP contribution < -0.4 is 11.1 Å². The van der Waals surface area contributed by atoms with Gasteiger partial charge in [-0.25, -0.2) is 0 Å². The second-order valence-electron chi connectivity index (χ2n) is 4.60. The van der Waals surface area contributed by atoms with Gasteiger partial charge in [0.15, 0.2) is 0 Å². The summed E-state index contributed by atoms with van der Waals surface area (Å²) < 4.78 is 5.75. The van der Waals surface area contributed by atoms with E-state index >= 15 is 0 Å². The number of nitrogens with one attached hydrogen (secondary N) is 1. The molecule has 2 atom stereocenters. The topological polar surface area (TPSA) is 47.3 Å². The van der Waals surface area contributed by atoms with Gasteiger partial charge in [0.05, 0.1) is 8.31 Å². The van der Waals surface area contributed by atoms with Crippen LogP contribution in [0.15, 0.2) is 0 Å². The lowest BCUT2D eigenvalue weighted by atomic mass is 10.2. The molecule has 0 aromatic rings. The summed E-state index contributed by atoms with van der Waals surface area (Å²) in [7, 11) is 0.886. The van der Waals surface area contributed by atoms with E-state index < -0.39 is 0 Å². The lowest BCUT2D eigenvalue weighted by Gasteiger charge is -2.20. The Morgan fingerprint density at radius 2 is 2.47 bits per heavy atom. The summed E-state index contributed by atoms with van der Waals surface area (Å²) in [5, 5.41) is 3.47. The second kappa shape index (κ2) is 8.85. The van der Waals surface area contributed by atoms with E-state index in [2.05, 4.69) is 12.2 Å². The minimum atomic E-state index is -0.259. The number of nitrogens with two attached hydrogens (primary N) is 1. The normalized spacial score (nSPS) is 28.8. The van der Waals surface area contributed by atoms with Crippen molar-refractivity contribution < 1.29 is 4.43 Å². The highest BCUT2D eigenvalue weighted by Crippen LogP contribution is 1.99. The van der Waals surface area contributed by atoms with Crippen LogP contribution in [-0.2, 0) is 4.43 Å². The van der Waals surface area contributed by atoms with Gasteiger partial charge in [0.1, 0.15) is 9.28 Å². The Hall–Kier alpha value is 0.748. The van der Waals surface area contributed by atoms with Gasteiger partial charge in [0, 0.05) is 35.9 Å². The zero-order valence-corrected chi connectivity index (χ0v) is 15.4. The summed E-state index contributed by atoms with van der Waals surface area (Å²) >= 11 is 0. The molecular formula is C8H26N2OSi4. The van der Waals surface area contributed by atoms with Gasteiger partial charge >= 0.3 is 0 Å².